The molecule has 0 aromatic carbocycles. The van der Waals surface area contributed by atoms with Crippen molar-refractivity contribution in [1.82, 2.24) is 4.98 Å². The highest BCUT2D eigenvalue weighted by Gasteiger charge is 2.36. The summed E-state index contributed by atoms with van der Waals surface area (Å²) in [6.07, 6.45) is 1.39. The van der Waals surface area contributed by atoms with E-state index in [1.165, 1.54) is 6.20 Å². The summed E-state index contributed by atoms with van der Waals surface area (Å²) in [6, 6.07) is -0.0615. The Bertz CT molecular complexity index is 357. The lowest BCUT2D eigenvalue weighted by Crippen LogP contribution is -2.33. The van der Waals surface area contributed by atoms with Crippen LogP contribution in [0.1, 0.15) is 19.6 Å². The van der Waals surface area contributed by atoms with Crippen molar-refractivity contribution in [2.24, 2.45) is 5.92 Å². The van der Waals surface area contributed by atoms with Crippen molar-refractivity contribution >= 4 is 11.9 Å². The molecule has 0 aliphatic carbocycles. The van der Waals surface area contributed by atoms with E-state index < -0.39 is 17.7 Å². The second-order valence-corrected chi connectivity index (χ2v) is 3.44. The highest BCUT2D eigenvalue weighted by molar-refractivity contribution is 5.90. The Morgan fingerprint density at radius 2 is 2.27 bits per heavy atom. The van der Waals surface area contributed by atoms with Gasteiger partial charge in [-0.25, -0.2) is 13.8 Å². The average molecular weight is 218 g/mol. The maximum Gasteiger partial charge on any atom is 0.301 e. The Hall–Kier alpha value is -1.46. The van der Waals surface area contributed by atoms with Gasteiger partial charge in [0.15, 0.2) is 0 Å². The number of anilines is 1. The largest absolute Gasteiger partial charge is 0.429 e. The first-order chi connectivity index (χ1) is 6.80. The van der Waals surface area contributed by atoms with Crippen LogP contribution in [-0.4, -0.2) is 16.8 Å². The third kappa shape index (κ3) is 3.00. The number of carbonyl (C=O) groups is 1. The van der Waals surface area contributed by atoms with E-state index in [1.807, 2.05) is 0 Å². The van der Waals surface area contributed by atoms with Gasteiger partial charge in [0, 0.05) is 6.92 Å². The number of oxazole rings is 1. The molecule has 6 heteroatoms. The predicted octanol–water partition coefficient (Wildman–Crippen LogP) is 2.21. The number of nitrogens with zero attached hydrogens (tertiary/aromatic N) is 1. The zero-order valence-electron chi connectivity index (χ0n) is 8.67. The van der Waals surface area contributed by atoms with Crippen LogP contribution in [0.15, 0.2) is 10.6 Å². The molecule has 1 N–H and O–H groups in total. The topological polar surface area (TPSA) is 55.1 Å². The second-order valence-electron chi connectivity index (χ2n) is 3.44. The molecule has 1 amide bonds. The van der Waals surface area contributed by atoms with Crippen LogP contribution in [0.2, 0.25) is 0 Å². The van der Waals surface area contributed by atoms with Crippen LogP contribution in [0.5, 0.6) is 0 Å². The van der Waals surface area contributed by atoms with Gasteiger partial charge in [-0.1, -0.05) is 0 Å². The molecule has 0 spiro atoms. The fourth-order valence-corrected chi connectivity index (χ4v) is 0.856. The molecule has 0 aliphatic rings. The predicted molar refractivity (Wildman–Crippen MR) is 49.7 cm³/mol. The molecule has 0 saturated carbocycles. The van der Waals surface area contributed by atoms with Crippen molar-refractivity contribution in [3.8, 4) is 0 Å². The summed E-state index contributed by atoms with van der Waals surface area (Å²) < 4.78 is 30.5. The number of aryl methyl sites for hydroxylation is 1. The highest BCUT2D eigenvalue weighted by Crippen LogP contribution is 2.24. The number of hydrogen-bond donors (Lipinski definition) is 1. The summed E-state index contributed by atoms with van der Waals surface area (Å²) in [5, 5.41) is 2.17. The van der Waals surface area contributed by atoms with Crippen molar-refractivity contribution in [1.29, 1.82) is 0 Å². The van der Waals surface area contributed by atoms with Crippen molar-refractivity contribution in [3.05, 3.63) is 12.0 Å². The van der Waals surface area contributed by atoms with E-state index in [2.05, 4.69) is 10.3 Å². The van der Waals surface area contributed by atoms with Crippen LogP contribution < -0.4 is 5.32 Å². The lowest BCUT2D eigenvalue weighted by molar-refractivity contribution is -0.130. The summed E-state index contributed by atoms with van der Waals surface area (Å²) in [5.41, 5.74) is 0. The minimum absolute atomic E-state index is 0.0615. The third-order valence-electron chi connectivity index (χ3n) is 2.01. The first-order valence-corrected chi connectivity index (χ1v) is 4.42. The third-order valence-corrected chi connectivity index (χ3v) is 2.01. The van der Waals surface area contributed by atoms with Crippen LogP contribution in [0.25, 0.3) is 0 Å². The van der Waals surface area contributed by atoms with Gasteiger partial charge in [0.2, 0.25) is 5.91 Å². The summed E-state index contributed by atoms with van der Waals surface area (Å²) in [6.45, 7) is 3.48. The zero-order valence-corrected chi connectivity index (χ0v) is 8.67. The van der Waals surface area contributed by atoms with Gasteiger partial charge >= 0.3 is 6.01 Å². The Kier molecular flexibility index (Phi) is 3.06. The van der Waals surface area contributed by atoms with Gasteiger partial charge in [-0.3, -0.25) is 10.1 Å². The molecule has 1 rings (SSSR count). The normalized spacial score (nSPS) is 13.7. The Morgan fingerprint density at radius 1 is 1.67 bits per heavy atom. The lowest BCUT2D eigenvalue weighted by Gasteiger charge is -2.17. The SMILES string of the molecule is Cc1cnc(NC(=O)[C@@H](C)C(C)(F)F)o1. The summed E-state index contributed by atoms with van der Waals surface area (Å²) in [4.78, 5) is 15.0. The maximum atomic E-state index is 12.8. The monoisotopic (exact) mass is 218 g/mol. The average Bonchev–Trinajstić information content (AvgIpc) is 2.48. The molecule has 1 aromatic heterocycles. The Balaban J connectivity index is 2.64. The first kappa shape index (κ1) is 11.6. The molecule has 0 radical (unpaired) electrons. The van der Waals surface area contributed by atoms with Gasteiger partial charge in [0.1, 0.15) is 5.76 Å². The minimum atomic E-state index is -3.06. The lowest BCUT2D eigenvalue weighted by atomic mass is 10.1. The number of nitrogens with one attached hydrogen (secondary N) is 1. The molecule has 1 heterocycles. The number of carbonyl (C=O) groups excluding carboxylic acids is 1. The molecular formula is C9H12F2N2O2. The van der Waals surface area contributed by atoms with Gasteiger partial charge in [0.25, 0.3) is 5.92 Å². The Labute approximate surface area is 85.7 Å². The van der Waals surface area contributed by atoms with E-state index in [4.69, 9.17) is 4.42 Å². The van der Waals surface area contributed by atoms with E-state index in [9.17, 15) is 13.6 Å². The number of rotatable bonds is 3. The maximum absolute atomic E-state index is 12.8. The van der Waals surface area contributed by atoms with E-state index in [0.29, 0.717) is 12.7 Å². The van der Waals surface area contributed by atoms with E-state index in [-0.39, 0.29) is 6.01 Å². The van der Waals surface area contributed by atoms with Gasteiger partial charge < -0.3 is 4.42 Å². The molecule has 15 heavy (non-hydrogen) atoms. The number of hydrogen-bond acceptors (Lipinski definition) is 3. The highest BCUT2D eigenvalue weighted by atomic mass is 19.3. The zero-order chi connectivity index (χ0) is 11.6. The van der Waals surface area contributed by atoms with Gasteiger partial charge in [-0.2, -0.15) is 0 Å². The molecule has 1 atom stereocenters. The fourth-order valence-electron chi connectivity index (χ4n) is 0.856. The summed E-state index contributed by atoms with van der Waals surface area (Å²) >= 11 is 0. The summed E-state index contributed by atoms with van der Waals surface area (Å²) in [7, 11) is 0. The standard InChI is InChI=1S/C9H12F2N2O2/c1-5-4-12-8(15-5)13-7(14)6(2)9(3,10)11/h4,6H,1-3H3,(H,12,13,14)/t6-/m1/s1. The van der Waals surface area contributed by atoms with Crippen LogP contribution in [0, 0.1) is 12.8 Å². The van der Waals surface area contributed by atoms with Gasteiger partial charge in [-0.15, -0.1) is 0 Å². The van der Waals surface area contributed by atoms with Crippen molar-refractivity contribution < 1.29 is 18.0 Å². The van der Waals surface area contributed by atoms with E-state index in [1.54, 1.807) is 6.92 Å². The molecule has 4 nitrogen and oxygen atoms in total. The molecule has 0 saturated heterocycles. The molecule has 0 aliphatic heterocycles. The van der Waals surface area contributed by atoms with Crippen LogP contribution in [0.3, 0.4) is 0 Å². The van der Waals surface area contributed by atoms with Crippen molar-refractivity contribution in [3.63, 3.8) is 0 Å². The molecule has 1 aromatic rings. The molecule has 84 valence electrons. The molecule has 0 fully saturated rings. The second kappa shape index (κ2) is 3.96. The first-order valence-electron chi connectivity index (χ1n) is 4.42. The van der Waals surface area contributed by atoms with Crippen LogP contribution >= 0.6 is 0 Å². The molecule has 0 bridgehead atoms. The fraction of sp³-hybridized carbons (Fsp3) is 0.556. The molecular weight excluding hydrogens is 206 g/mol. The number of halogens is 2. The van der Waals surface area contributed by atoms with Crippen LogP contribution in [0.4, 0.5) is 14.8 Å². The van der Waals surface area contributed by atoms with Crippen LogP contribution in [-0.2, 0) is 4.79 Å². The Morgan fingerprint density at radius 3 is 2.67 bits per heavy atom. The molecule has 0 unspecified atom stereocenters. The van der Waals surface area contributed by atoms with E-state index in [0.717, 1.165) is 6.92 Å². The minimum Gasteiger partial charge on any atom is -0.429 e. The van der Waals surface area contributed by atoms with Gasteiger partial charge in [0.05, 0.1) is 12.1 Å². The number of aromatic nitrogens is 1. The quantitative estimate of drug-likeness (QED) is 0.846. The van der Waals surface area contributed by atoms with E-state index >= 15 is 0 Å². The van der Waals surface area contributed by atoms with Gasteiger partial charge in [-0.05, 0) is 13.8 Å². The van der Waals surface area contributed by atoms with Crippen molar-refractivity contribution in [2.45, 2.75) is 26.7 Å². The number of alkyl halides is 2. The number of amides is 1. The summed E-state index contributed by atoms with van der Waals surface area (Å²) in [5.74, 6) is -4.80. The van der Waals surface area contributed by atoms with Crippen molar-refractivity contribution in [2.75, 3.05) is 5.32 Å². The smallest absolute Gasteiger partial charge is 0.301 e.